The van der Waals surface area contributed by atoms with E-state index < -0.39 is 0 Å². The van der Waals surface area contributed by atoms with Crippen LogP contribution in [0.25, 0.3) is 11.0 Å². The lowest BCUT2D eigenvalue weighted by molar-refractivity contribution is 0.112. The van der Waals surface area contributed by atoms with Gasteiger partial charge in [-0.3, -0.25) is 4.79 Å². The highest BCUT2D eigenvalue weighted by atomic mass is 79.9. The van der Waals surface area contributed by atoms with Crippen molar-refractivity contribution in [2.24, 2.45) is 0 Å². The van der Waals surface area contributed by atoms with E-state index in [0.717, 1.165) is 16.1 Å². The number of methoxy groups -OCH3 is 1. The van der Waals surface area contributed by atoms with Gasteiger partial charge < -0.3 is 9.15 Å². The topological polar surface area (TPSA) is 39.4 Å². The van der Waals surface area contributed by atoms with Crippen LogP contribution in [0, 0.1) is 0 Å². The highest BCUT2D eigenvalue weighted by Crippen LogP contribution is 2.36. The average Bonchev–Trinajstić information content (AvgIpc) is 2.65. The van der Waals surface area contributed by atoms with Gasteiger partial charge in [0.1, 0.15) is 11.3 Å². The van der Waals surface area contributed by atoms with Crippen LogP contribution in [0.4, 0.5) is 0 Å². The van der Waals surface area contributed by atoms with E-state index in [4.69, 9.17) is 9.15 Å². The number of halogens is 1. The molecule has 2 aromatic rings. The number of rotatable bonds is 2. The van der Waals surface area contributed by atoms with E-state index in [0.29, 0.717) is 16.9 Å². The molecule has 4 heteroatoms. The van der Waals surface area contributed by atoms with Crippen LogP contribution in [0.15, 0.2) is 27.3 Å². The van der Waals surface area contributed by atoms with Gasteiger partial charge in [-0.15, -0.1) is 0 Å². The highest BCUT2D eigenvalue weighted by Gasteiger charge is 2.13. The monoisotopic (exact) mass is 254 g/mol. The van der Waals surface area contributed by atoms with Crippen LogP contribution in [0.1, 0.15) is 10.4 Å². The van der Waals surface area contributed by atoms with Crippen molar-refractivity contribution in [1.82, 2.24) is 0 Å². The molecule has 0 radical (unpaired) electrons. The standard InChI is InChI=1S/C10H7BrO3/c1-13-10-6(5-12)4-8-7(9(10)11)2-3-14-8/h2-5H,1H3. The number of furan rings is 1. The van der Waals surface area contributed by atoms with Crippen molar-refractivity contribution < 1.29 is 13.9 Å². The Kier molecular flexibility index (Phi) is 2.29. The number of hydrogen-bond donors (Lipinski definition) is 0. The number of carbonyl (C=O) groups excluding carboxylic acids is 1. The summed E-state index contributed by atoms with van der Waals surface area (Å²) in [4.78, 5) is 10.8. The molecule has 3 nitrogen and oxygen atoms in total. The molecule has 0 aliphatic rings. The lowest BCUT2D eigenvalue weighted by Crippen LogP contribution is -1.91. The molecule has 0 saturated heterocycles. The van der Waals surface area contributed by atoms with Gasteiger partial charge in [-0.1, -0.05) is 0 Å². The maximum absolute atomic E-state index is 10.8. The first-order chi connectivity index (χ1) is 6.77. The Morgan fingerprint density at radius 3 is 3.00 bits per heavy atom. The van der Waals surface area contributed by atoms with Crippen LogP contribution >= 0.6 is 15.9 Å². The van der Waals surface area contributed by atoms with Crippen LogP contribution < -0.4 is 4.74 Å². The molecule has 0 amide bonds. The molecule has 1 aromatic heterocycles. The third-order valence-corrected chi connectivity index (χ3v) is 2.80. The van der Waals surface area contributed by atoms with Crippen molar-refractivity contribution in [2.45, 2.75) is 0 Å². The minimum atomic E-state index is 0.474. The van der Waals surface area contributed by atoms with Crippen LogP contribution in [-0.2, 0) is 0 Å². The summed E-state index contributed by atoms with van der Waals surface area (Å²) in [5.74, 6) is 0.536. The molecule has 1 aromatic carbocycles. The second kappa shape index (κ2) is 3.46. The molecule has 0 fully saturated rings. The fourth-order valence-electron chi connectivity index (χ4n) is 1.36. The minimum Gasteiger partial charge on any atom is -0.495 e. The average molecular weight is 255 g/mol. The number of benzene rings is 1. The number of ether oxygens (including phenoxy) is 1. The predicted molar refractivity (Wildman–Crippen MR) is 55.9 cm³/mol. The quantitative estimate of drug-likeness (QED) is 0.774. The lowest BCUT2D eigenvalue weighted by Gasteiger charge is -2.06. The molecule has 14 heavy (non-hydrogen) atoms. The first-order valence-electron chi connectivity index (χ1n) is 3.96. The van der Waals surface area contributed by atoms with E-state index >= 15 is 0 Å². The number of hydrogen-bond acceptors (Lipinski definition) is 3. The summed E-state index contributed by atoms with van der Waals surface area (Å²) in [6, 6.07) is 3.47. The van der Waals surface area contributed by atoms with E-state index in [2.05, 4.69) is 15.9 Å². The van der Waals surface area contributed by atoms with E-state index in [1.165, 1.54) is 7.11 Å². The molecule has 0 spiro atoms. The summed E-state index contributed by atoms with van der Waals surface area (Å²) < 4.78 is 11.1. The largest absolute Gasteiger partial charge is 0.495 e. The Hall–Kier alpha value is -1.29. The second-order valence-corrected chi connectivity index (χ2v) is 3.56. The molecule has 0 N–H and O–H groups in total. The first kappa shape index (κ1) is 9.27. The zero-order chi connectivity index (χ0) is 10.1. The first-order valence-corrected chi connectivity index (χ1v) is 4.76. The molecule has 0 saturated carbocycles. The van der Waals surface area contributed by atoms with E-state index in [9.17, 15) is 4.79 Å². The Morgan fingerprint density at radius 2 is 2.36 bits per heavy atom. The summed E-state index contributed by atoms with van der Waals surface area (Å²) in [7, 11) is 1.53. The minimum absolute atomic E-state index is 0.474. The van der Waals surface area contributed by atoms with E-state index in [-0.39, 0.29) is 0 Å². The maximum atomic E-state index is 10.8. The maximum Gasteiger partial charge on any atom is 0.153 e. The van der Waals surface area contributed by atoms with Crippen molar-refractivity contribution in [1.29, 1.82) is 0 Å². The molecule has 2 rings (SSSR count). The van der Waals surface area contributed by atoms with Gasteiger partial charge in [0.2, 0.25) is 0 Å². The zero-order valence-electron chi connectivity index (χ0n) is 7.41. The Labute approximate surface area is 88.8 Å². The molecule has 0 bridgehead atoms. The fourth-order valence-corrected chi connectivity index (χ4v) is 2.08. The fraction of sp³-hybridized carbons (Fsp3) is 0.100. The number of aldehydes is 1. The molecule has 0 aliphatic heterocycles. The van der Waals surface area contributed by atoms with Gasteiger partial charge in [0.25, 0.3) is 0 Å². The second-order valence-electron chi connectivity index (χ2n) is 2.76. The lowest BCUT2D eigenvalue weighted by atomic mass is 10.1. The third-order valence-electron chi connectivity index (χ3n) is 2.01. The molecular formula is C10H7BrO3. The predicted octanol–water partition coefficient (Wildman–Crippen LogP) is 3.02. The van der Waals surface area contributed by atoms with E-state index in [1.54, 1.807) is 12.3 Å². The molecule has 72 valence electrons. The van der Waals surface area contributed by atoms with Gasteiger partial charge in [-0.25, -0.2) is 0 Å². The van der Waals surface area contributed by atoms with Crippen LogP contribution in [-0.4, -0.2) is 13.4 Å². The molecular weight excluding hydrogens is 248 g/mol. The van der Waals surface area contributed by atoms with Crippen molar-refractivity contribution in [3.8, 4) is 5.75 Å². The molecule has 1 heterocycles. The Balaban J connectivity index is 2.85. The summed E-state index contributed by atoms with van der Waals surface area (Å²) in [5, 5.41) is 0.896. The van der Waals surface area contributed by atoms with Crippen molar-refractivity contribution >= 4 is 33.2 Å². The van der Waals surface area contributed by atoms with Crippen molar-refractivity contribution in [2.75, 3.05) is 7.11 Å². The summed E-state index contributed by atoms with van der Waals surface area (Å²) in [6.45, 7) is 0. The Bertz CT molecular complexity index is 487. The van der Waals surface area contributed by atoms with Crippen molar-refractivity contribution in [3.05, 3.63) is 28.4 Å². The van der Waals surface area contributed by atoms with Crippen LogP contribution in [0.3, 0.4) is 0 Å². The van der Waals surface area contributed by atoms with Crippen LogP contribution in [0.5, 0.6) is 5.75 Å². The summed E-state index contributed by atoms with van der Waals surface area (Å²) in [6.07, 6.45) is 2.31. The van der Waals surface area contributed by atoms with Gasteiger partial charge in [0.15, 0.2) is 6.29 Å². The number of carbonyl (C=O) groups is 1. The smallest absolute Gasteiger partial charge is 0.153 e. The molecule has 0 aliphatic carbocycles. The molecule has 0 atom stereocenters. The van der Waals surface area contributed by atoms with Gasteiger partial charge in [0, 0.05) is 5.39 Å². The van der Waals surface area contributed by atoms with E-state index in [1.807, 2.05) is 6.07 Å². The normalized spacial score (nSPS) is 10.4. The third kappa shape index (κ3) is 1.23. The Morgan fingerprint density at radius 1 is 1.57 bits per heavy atom. The van der Waals surface area contributed by atoms with Gasteiger partial charge >= 0.3 is 0 Å². The summed E-state index contributed by atoms with van der Waals surface area (Å²) in [5.41, 5.74) is 1.14. The summed E-state index contributed by atoms with van der Waals surface area (Å²) >= 11 is 3.37. The van der Waals surface area contributed by atoms with Gasteiger partial charge in [0.05, 0.1) is 23.4 Å². The van der Waals surface area contributed by atoms with Gasteiger partial charge in [-0.05, 0) is 28.1 Å². The van der Waals surface area contributed by atoms with Crippen molar-refractivity contribution in [3.63, 3.8) is 0 Å². The zero-order valence-corrected chi connectivity index (χ0v) is 9.00. The van der Waals surface area contributed by atoms with Crippen LogP contribution in [0.2, 0.25) is 0 Å². The van der Waals surface area contributed by atoms with Gasteiger partial charge in [-0.2, -0.15) is 0 Å². The highest BCUT2D eigenvalue weighted by molar-refractivity contribution is 9.10. The SMILES string of the molecule is COc1c(C=O)cc2occc2c1Br. The molecule has 0 unspecified atom stereocenters. The number of fused-ring (bicyclic) bond motifs is 1.